The van der Waals surface area contributed by atoms with E-state index in [2.05, 4.69) is 5.32 Å². The summed E-state index contributed by atoms with van der Waals surface area (Å²) in [6, 6.07) is -0.190. The van der Waals surface area contributed by atoms with Gasteiger partial charge in [-0.1, -0.05) is 39.0 Å². The molecule has 1 aliphatic carbocycles. The molecule has 0 aromatic heterocycles. The molecule has 1 unspecified atom stereocenters. The number of imide groups is 1. The van der Waals surface area contributed by atoms with Crippen molar-refractivity contribution in [2.24, 2.45) is 5.92 Å². The molecule has 1 saturated carbocycles. The highest BCUT2D eigenvalue weighted by atomic mass is 16.2. The zero-order valence-corrected chi connectivity index (χ0v) is 12.2. The number of rotatable bonds is 4. The van der Waals surface area contributed by atoms with E-state index in [4.69, 9.17) is 0 Å². The standard InChI is InChI=1S/C15H26N2O2/c1-3-10-15(2)13(18)17(14(19)16-15)11-12-8-6-4-5-7-9-12/h12H,3-11H2,1-2H3,(H,16,19). The zero-order valence-electron chi connectivity index (χ0n) is 12.2. The Morgan fingerprint density at radius 1 is 1.21 bits per heavy atom. The fraction of sp³-hybridized carbons (Fsp3) is 0.867. The average molecular weight is 266 g/mol. The van der Waals surface area contributed by atoms with Crippen LogP contribution in [0.1, 0.15) is 65.2 Å². The second-order valence-electron chi connectivity index (χ2n) is 6.29. The van der Waals surface area contributed by atoms with E-state index in [1.54, 1.807) is 0 Å². The van der Waals surface area contributed by atoms with Crippen molar-refractivity contribution in [3.05, 3.63) is 0 Å². The van der Waals surface area contributed by atoms with Gasteiger partial charge in [0.15, 0.2) is 0 Å². The van der Waals surface area contributed by atoms with Crippen molar-refractivity contribution in [1.29, 1.82) is 0 Å². The minimum Gasteiger partial charge on any atom is -0.323 e. The smallest absolute Gasteiger partial charge is 0.323 e. The molecule has 0 aromatic carbocycles. The second kappa shape index (κ2) is 5.93. The van der Waals surface area contributed by atoms with Crippen LogP contribution in [0.15, 0.2) is 0 Å². The number of hydrogen-bond donors (Lipinski definition) is 1. The zero-order chi connectivity index (χ0) is 13.9. The molecule has 1 heterocycles. The lowest BCUT2D eigenvalue weighted by atomic mass is 9.95. The van der Waals surface area contributed by atoms with Gasteiger partial charge in [-0.25, -0.2) is 4.79 Å². The van der Waals surface area contributed by atoms with Crippen LogP contribution in [-0.4, -0.2) is 28.9 Å². The Morgan fingerprint density at radius 3 is 2.42 bits per heavy atom. The van der Waals surface area contributed by atoms with Crippen LogP contribution < -0.4 is 5.32 Å². The van der Waals surface area contributed by atoms with Crippen molar-refractivity contribution < 1.29 is 9.59 Å². The Labute approximate surface area is 115 Å². The summed E-state index contributed by atoms with van der Waals surface area (Å²) < 4.78 is 0. The number of amides is 3. The van der Waals surface area contributed by atoms with Gasteiger partial charge in [0.1, 0.15) is 5.54 Å². The van der Waals surface area contributed by atoms with Crippen LogP contribution in [0.3, 0.4) is 0 Å². The molecular formula is C15H26N2O2. The third-order valence-electron chi connectivity index (χ3n) is 4.51. The van der Waals surface area contributed by atoms with Crippen LogP contribution in [0.4, 0.5) is 4.79 Å². The maximum atomic E-state index is 12.4. The van der Waals surface area contributed by atoms with E-state index < -0.39 is 5.54 Å². The maximum Gasteiger partial charge on any atom is 0.325 e. The minimum absolute atomic E-state index is 0.0244. The SMILES string of the molecule is CCCC1(C)NC(=O)N(CC2CCCCCC2)C1=O. The molecule has 1 atom stereocenters. The minimum atomic E-state index is -0.670. The first-order valence-electron chi connectivity index (χ1n) is 7.71. The topological polar surface area (TPSA) is 49.4 Å². The molecule has 0 bridgehead atoms. The van der Waals surface area contributed by atoms with Gasteiger partial charge in [0.2, 0.25) is 0 Å². The molecule has 19 heavy (non-hydrogen) atoms. The number of urea groups is 1. The summed E-state index contributed by atoms with van der Waals surface area (Å²) in [7, 11) is 0. The Kier molecular flexibility index (Phi) is 4.48. The molecule has 108 valence electrons. The van der Waals surface area contributed by atoms with E-state index in [0.717, 1.165) is 25.7 Å². The maximum absolute atomic E-state index is 12.4. The third kappa shape index (κ3) is 3.10. The van der Waals surface area contributed by atoms with Crippen LogP contribution in [0.5, 0.6) is 0 Å². The molecule has 4 heteroatoms. The largest absolute Gasteiger partial charge is 0.325 e. The summed E-state index contributed by atoms with van der Waals surface area (Å²) in [4.78, 5) is 25.9. The van der Waals surface area contributed by atoms with E-state index in [0.29, 0.717) is 12.5 Å². The molecule has 0 radical (unpaired) electrons. The number of nitrogens with one attached hydrogen (secondary N) is 1. The van der Waals surface area contributed by atoms with Crippen LogP contribution in [-0.2, 0) is 4.79 Å². The fourth-order valence-electron chi connectivity index (χ4n) is 3.39. The van der Waals surface area contributed by atoms with Crippen LogP contribution in [0, 0.1) is 5.92 Å². The van der Waals surface area contributed by atoms with E-state index >= 15 is 0 Å². The van der Waals surface area contributed by atoms with Gasteiger partial charge in [-0.15, -0.1) is 0 Å². The van der Waals surface area contributed by atoms with Gasteiger partial charge in [-0.2, -0.15) is 0 Å². The molecule has 1 aliphatic heterocycles. The van der Waals surface area contributed by atoms with E-state index in [1.165, 1.54) is 30.6 Å². The van der Waals surface area contributed by atoms with Crippen molar-refractivity contribution >= 4 is 11.9 Å². The third-order valence-corrected chi connectivity index (χ3v) is 4.51. The van der Waals surface area contributed by atoms with Gasteiger partial charge >= 0.3 is 6.03 Å². The highest BCUT2D eigenvalue weighted by Crippen LogP contribution is 2.28. The summed E-state index contributed by atoms with van der Waals surface area (Å²) >= 11 is 0. The monoisotopic (exact) mass is 266 g/mol. The lowest BCUT2D eigenvalue weighted by Gasteiger charge is -2.23. The summed E-state index contributed by atoms with van der Waals surface area (Å²) in [5.41, 5.74) is -0.670. The Hall–Kier alpha value is -1.06. The summed E-state index contributed by atoms with van der Waals surface area (Å²) in [5.74, 6) is 0.477. The van der Waals surface area contributed by atoms with Crippen molar-refractivity contribution in [2.75, 3.05) is 6.54 Å². The van der Waals surface area contributed by atoms with E-state index in [9.17, 15) is 9.59 Å². The first-order chi connectivity index (χ1) is 9.07. The van der Waals surface area contributed by atoms with Gasteiger partial charge in [0.05, 0.1) is 0 Å². The van der Waals surface area contributed by atoms with Crippen LogP contribution in [0.2, 0.25) is 0 Å². The highest BCUT2D eigenvalue weighted by Gasteiger charge is 2.47. The molecule has 2 rings (SSSR count). The molecule has 1 N–H and O–H groups in total. The van der Waals surface area contributed by atoms with Crippen molar-refractivity contribution in [3.63, 3.8) is 0 Å². The predicted octanol–water partition coefficient (Wildman–Crippen LogP) is 3.07. The lowest BCUT2D eigenvalue weighted by molar-refractivity contribution is -0.131. The number of nitrogens with zero attached hydrogens (tertiary/aromatic N) is 1. The van der Waals surface area contributed by atoms with E-state index in [1.807, 2.05) is 13.8 Å². The summed E-state index contributed by atoms with van der Waals surface area (Å²) in [5, 5.41) is 2.87. The van der Waals surface area contributed by atoms with Gasteiger partial charge in [0, 0.05) is 6.54 Å². The first-order valence-corrected chi connectivity index (χ1v) is 7.71. The van der Waals surface area contributed by atoms with Crippen molar-refractivity contribution in [2.45, 2.75) is 70.8 Å². The summed E-state index contributed by atoms with van der Waals surface area (Å²) in [6.07, 6.45) is 9.00. The highest BCUT2D eigenvalue weighted by molar-refractivity contribution is 6.06. The van der Waals surface area contributed by atoms with E-state index in [-0.39, 0.29) is 11.9 Å². The van der Waals surface area contributed by atoms with Gasteiger partial charge in [-0.3, -0.25) is 9.69 Å². The normalized spacial score (nSPS) is 29.5. The average Bonchev–Trinajstić information content (AvgIpc) is 2.57. The second-order valence-corrected chi connectivity index (χ2v) is 6.29. The molecule has 1 saturated heterocycles. The Morgan fingerprint density at radius 2 is 1.84 bits per heavy atom. The Bertz CT molecular complexity index is 348. The Balaban J connectivity index is 1.99. The fourth-order valence-corrected chi connectivity index (χ4v) is 3.39. The summed E-state index contributed by atoms with van der Waals surface area (Å²) in [6.45, 7) is 4.51. The first kappa shape index (κ1) is 14.4. The van der Waals surface area contributed by atoms with Gasteiger partial charge in [0.25, 0.3) is 5.91 Å². The molecule has 4 nitrogen and oxygen atoms in total. The number of hydrogen-bond acceptors (Lipinski definition) is 2. The van der Waals surface area contributed by atoms with Crippen molar-refractivity contribution in [3.8, 4) is 0 Å². The van der Waals surface area contributed by atoms with Crippen molar-refractivity contribution in [1.82, 2.24) is 10.2 Å². The van der Waals surface area contributed by atoms with Gasteiger partial charge < -0.3 is 5.32 Å². The molecular weight excluding hydrogens is 240 g/mol. The quantitative estimate of drug-likeness (QED) is 0.628. The predicted molar refractivity (Wildman–Crippen MR) is 74.7 cm³/mol. The number of carbonyl (C=O) groups excluding carboxylic acids is 2. The molecule has 0 spiro atoms. The lowest BCUT2D eigenvalue weighted by Crippen LogP contribution is -2.44. The van der Waals surface area contributed by atoms with Crippen LogP contribution in [0.25, 0.3) is 0 Å². The molecule has 2 aliphatic rings. The molecule has 2 fully saturated rings. The number of carbonyl (C=O) groups is 2. The molecule has 3 amide bonds. The van der Waals surface area contributed by atoms with Gasteiger partial charge in [-0.05, 0) is 32.1 Å². The molecule has 0 aromatic rings. The van der Waals surface area contributed by atoms with Crippen LogP contribution >= 0.6 is 0 Å².